The Morgan fingerprint density at radius 2 is 2.27 bits per heavy atom. The van der Waals surface area contributed by atoms with Crippen LogP contribution in [0.4, 0.5) is 4.39 Å². The number of benzene rings is 1. The Kier molecular flexibility index (Phi) is 2.64. The molecule has 0 aliphatic heterocycles. The topological polar surface area (TPSA) is 45.8 Å². The molecule has 1 heterocycles. The monoisotopic (exact) mass is 268 g/mol. The maximum atomic E-state index is 13.0. The second kappa shape index (κ2) is 3.94. The molecule has 15 heavy (non-hydrogen) atoms. The van der Waals surface area contributed by atoms with Gasteiger partial charge in [-0.2, -0.15) is 5.10 Å². The molecule has 1 aromatic heterocycles. The number of nitrogens with one attached hydrogen (secondary N) is 1. The number of H-pyrrole nitrogens is 1. The average Bonchev–Trinajstić information content (AvgIpc) is 2.59. The van der Waals surface area contributed by atoms with E-state index < -0.39 is 0 Å². The highest BCUT2D eigenvalue weighted by Crippen LogP contribution is 2.25. The number of nitrogens with zero attached hydrogens (tertiary/aromatic N) is 1. The van der Waals surface area contributed by atoms with Gasteiger partial charge in [-0.15, -0.1) is 0 Å². The molecule has 0 spiro atoms. The molecule has 0 saturated carbocycles. The van der Waals surface area contributed by atoms with Gasteiger partial charge in [-0.3, -0.25) is 9.89 Å². The minimum absolute atomic E-state index is 0.358. The molecule has 1 aromatic carbocycles. The molecule has 76 valence electrons. The molecular formula is C10H6BrFN2O. The van der Waals surface area contributed by atoms with Crippen molar-refractivity contribution in [2.45, 2.75) is 0 Å². The minimum atomic E-state index is -0.358. The fourth-order valence-electron chi connectivity index (χ4n) is 1.29. The van der Waals surface area contributed by atoms with Gasteiger partial charge in [0.15, 0.2) is 6.29 Å². The molecule has 1 N–H and O–H groups in total. The van der Waals surface area contributed by atoms with E-state index in [0.29, 0.717) is 27.7 Å². The van der Waals surface area contributed by atoms with Gasteiger partial charge >= 0.3 is 0 Å². The summed E-state index contributed by atoms with van der Waals surface area (Å²) in [5.41, 5.74) is 1.40. The molecule has 0 radical (unpaired) electrons. The summed E-state index contributed by atoms with van der Waals surface area (Å²) < 4.78 is 13.5. The molecule has 0 aliphatic rings. The number of hydrogen-bond acceptors (Lipinski definition) is 2. The van der Waals surface area contributed by atoms with Crippen LogP contribution in [-0.2, 0) is 0 Å². The highest BCUT2D eigenvalue weighted by Gasteiger charge is 2.12. The van der Waals surface area contributed by atoms with Gasteiger partial charge in [-0.25, -0.2) is 4.39 Å². The van der Waals surface area contributed by atoms with Crippen LogP contribution in [-0.4, -0.2) is 16.5 Å². The summed E-state index contributed by atoms with van der Waals surface area (Å²) in [5, 5.41) is 6.55. The zero-order chi connectivity index (χ0) is 10.8. The average molecular weight is 269 g/mol. The number of rotatable bonds is 2. The van der Waals surface area contributed by atoms with Crippen molar-refractivity contribution in [1.29, 1.82) is 0 Å². The van der Waals surface area contributed by atoms with Gasteiger partial charge in [0.25, 0.3) is 0 Å². The van der Waals surface area contributed by atoms with Gasteiger partial charge in [0.1, 0.15) is 16.1 Å². The van der Waals surface area contributed by atoms with Gasteiger partial charge in [0.05, 0.1) is 5.56 Å². The zero-order valence-electron chi connectivity index (χ0n) is 7.50. The number of aromatic nitrogens is 2. The highest BCUT2D eigenvalue weighted by atomic mass is 79.9. The van der Waals surface area contributed by atoms with Crippen molar-refractivity contribution in [1.82, 2.24) is 10.2 Å². The summed E-state index contributed by atoms with van der Waals surface area (Å²) in [6.07, 6.45) is 0.674. The lowest BCUT2D eigenvalue weighted by atomic mass is 10.1. The minimum Gasteiger partial charge on any atom is -0.298 e. The molecule has 0 saturated heterocycles. The lowest BCUT2D eigenvalue weighted by Crippen LogP contribution is -1.85. The molecule has 0 atom stereocenters. The van der Waals surface area contributed by atoms with Crippen molar-refractivity contribution in [2.24, 2.45) is 0 Å². The van der Waals surface area contributed by atoms with Crippen LogP contribution in [0.1, 0.15) is 10.4 Å². The van der Waals surface area contributed by atoms with Crippen LogP contribution >= 0.6 is 15.9 Å². The van der Waals surface area contributed by atoms with E-state index in [1.807, 2.05) is 0 Å². The van der Waals surface area contributed by atoms with E-state index in [1.54, 1.807) is 12.1 Å². The summed E-state index contributed by atoms with van der Waals surface area (Å²) in [6, 6.07) is 5.93. The summed E-state index contributed by atoms with van der Waals surface area (Å²) >= 11 is 3.15. The molecular weight excluding hydrogens is 263 g/mol. The predicted molar refractivity (Wildman–Crippen MR) is 57.1 cm³/mol. The molecule has 0 amide bonds. The lowest BCUT2D eigenvalue weighted by molar-refractivity contribution is 0.112. The van der Waals surface area contributed by atoms with Gasteiger partial charge < -0.3 is 0 Å². The van der Waals surface area contributed by atoms with Crippen LogP contribution in [0.5, 0.6) is 0 Å². The SMILES string of the molecule is O=Cc1c(-c2cccc(F)c2)n[nH]c1Br. The van der Waals surface area contributed by atoms with Crippen LogP contribution in [0.15, 0.2) is 28.9 Å². The Morgan fingerprint density at radius 1 is 1.47 bits per heavy atom. The Labute approximate surface area is 93.4 Å². The third-order valence-electron chi connectivity index (χ3n) is 1.97. The largest absolute Gasteiger partial charge is 0.298 e. The van der Waals surface area contributed by atoms with Crippen molar-refractivity contribution in [3.05, 3.63) is 40.2 Å². The van der Waals surface area contributed by atoms with Crippen molar-refractivity contribution in [3.63, 3.8) is 0 Å². The van der Waals surface area contributed by atoms with E-state index in [9.17, 15) is 9.18 Å². The Balaban J connectivity index is 2.58. The molecule has 0 bridgehead atoms. The van der Waals surface area contributed by atoms with Crippen molar-refractivity contribution < 1.29 is 9.18 Å². The molecule has 0 unspecified atom stereocenters. The second-order valence-corrected chi connectivity index (χ2v) is 3.72. The normalized spacial score (nSPS) is 10.3. The van der Waals surface area contributed by atoms with Crippen molar-refractivity contribution in [2.75, 3.05) is 0 Å². The molecule has 5 heteroatoms. The first-order valence-electron chi connectivity index (χ1n) is 4.17. The smallest absolute Gasteiger partial charge is 0.155 e. The summed E-state index contributed by atoms with van der Waals surface area (Å²) in [4.78, 5) is 10.8. The van der Waals surface area contributed by atoms with E-state index in [1.165, 1.54) is 12.1 Å². The second-order valence-electron chi connectivity index (χ2n) is 2.93. The van der Waals surface area contributed by atoms with Crippen LogP contribution in [0.25, 0.3) is 11.3 Å². The van der Waals surface area contributed by atoms with Gasteiger partial charge in [0, 0.05) is 5.56 Å². The maximum absolute atomic E-state index is 13.0. The van der Waals surface area contributed by atoms with Crippen molar-refractivity contribution >= 4 is 22.2 Å². The summed E-state index contributed by atoms with van der Waals surface area (Å²) in [5.74, 6) is -0.358. The van der Waals surface area contributed by atoms with E-state index >= 15 is 0 Å². The number of halogens is 2. The highest BCUT2D eigenvalue weighted by molar-refractivity contribution is 9.10. The molecule has 0 aliphatic carbocycles. The first kappa shape index (κ1) is 10.0. The molecule has 0 fully saturated rings. The number of hydrogen-bond donors (Lipinski definition) is 1. The number of carbonyl (C=O) groups is 1. The molecule has 2 aromatic rings. The fraction of sp³-hybridized carbons (Fsp3) is 0. The number of aldehydes is 1. The van der Waals surface area contributed by atoms with E-state index in [-0.39, 0.29) is 5.82 Å². The van der Waals surface area contributed by atoms with Crippen LogP contribution in [0.2, 0.25) is 0 Å². The van der Waals surface area contributed by atoms with Crippen LogP contribution in [0.3, 0.4) is 0 Å². The third-order valence-corrected chi connectivity index (χ3v) is 2.58. The van der Waals surface area contributed by atoms with E-state index in [4.69, 9.17) is 0 Å². The Bertz CT molecular complexity index is 510. The van der Waals surface area contributed by atoms with Gasteiger partial charge in [0.2, 0.25) is 0 Å². The van der Waals surface area contributed by atoms with Crippen LogP contribution in [0, 0.1) is 5.82 Å². The van der Waals surface area contributed by atoms with E-state index in [2.05, 4.69) is 26.1 Å². The number of aromatic amines is 1. The first-order chi connectivity index (χ1) is 7.22. The fourth-order valence-corrected chi connectivity index (χ4v) is 1.66. The molecule has 2 rings (SSSR count). The molecule has 3 nitrogen and oxygen atoms in total. The standard InChI is InChI=1S/C10H6BrFN2O/c11-10-8(5-15)9(13-14-10)6-2-1-3-7(12)4-6/h1-5H,(H,13,14). The van der Waals surface area contributed by atoms with E-state index in [0.717, 1.165) is 0 Å². The van der Waals surface area contributed by atoms with Gasteiger partial charge in [-0.05, 0) is 28.1 Å². The van der Waals surface area contributed by atoms with Crippen molar-refractivity contribution in [3.8, 4) is 11.3 Å². The quantitative estimate of drug-likeness (QED) is 0.852. The Morgan fingerprint density at radius 3 is 2.93 bits per heavy atom. The predicted octanol–water partition coefficient (Wildman–Crippen LogP) is 2.79. The number of carbonyl (C=O) groups excluding carboxylic acids is 1. The Hall–Kier alpha value is -1.49. The third kappa shape index (κ3) is 1.83. The lowest BCUT2D eigenvalue weighted by Gasteiger charge is -1.97. The summed E-state index contributed by atoms with van der Waals surface area (Å²) in [6.45, 7) is 0. The van der Waals surface area contributed by atoms with Crippen LogP contribution < -0.4 is 0 Å². The van der Waals surface area contributed by atoms with Gasteiger partial charge in [-0.1, -0.05) is 12.1 Å². The zero-order valence-corrected chi connectivity index (χ0v) is 9.08. The maximum Gasteiger partial charge on any atom is 0.155 e. The summed E-state index contributed by atoms with van der Waals surface area (Å²) in [7, 11) is 0. The first-order valence-corrected chi connectivity index (χ1v) is 4.96.